The van der Waals surface area contributed by atoms with Gasteiger partial charge in [0.15, 0.2) is 11.6 Å². The van der Waals surface area contributed by atoms with Crippen LogP contribution in [-0.2, 0) is 6.54 Å². The fourth-order valence-electron chi connectivity index (χ4n) is 1.25. The Morgan fingerprint density at radius 1 is 1.44 bits per heavy atom. The minimum atomic E-state index is -0.479. The predicted octanol–water partition coefficient (Wildman–Crippen LogP) is 1.34. The second-order valence-electron chi connectivity index (χ2n) is 3.05. The first-order chi connectivity index (χ1) is 7.74. The standard InChI is InChI=1S/C10H10FN3O2/c1-15-8-3-2-6(4-7(8)11)10-14-13-9(5-12)16-10/h2-4H,5,12H2,1H3. The van der Waals surface area contributed by atoms with Crippen LogP contribution in [0, 0.1) is 5.82 Å². The van der Waals surface area contributed by atoms with Crippen molar-refractivity contribution in [3.63, 3.8) is 0 Å². The SMILES string of the molecule is COc1ccc(-c2nnc(CN)o2)cc1F. The van der Waals surface area contributed by atoms with E-state index in [-0.39, 0.29) is 18.2 Å². The Morgan fingerprint density at radius 3 is 2.81 bits per heavy atom. The molecule has 0 atom stereocenters. The van der Waals surface area contributed by atoms with Crippen molar-refractivity contribution in [2.24, 2.45) is 5.73 Å². The van der Waals surface area contributed by atoms with Gasteiger partial charge in [-0.3, -0.25) is 0 Å². The molecule has 6 heteroatoms. The van der Waals surface area contributed by atoms with E-state index in [1.54, 1.807) is 6.07 Å². The molecule has 1 aromatic carbocycles. The van der Waals surface area contributed by atoms with E-state index in [1.165, 1.54) is 19.2 Å². The number of hydrogen-bond donors (Lipinski definition) is 1. The van der Waals surface area contributed by atoms with E-state index in [0.29, 0.717) is 11.5 Å². The van der Waals surface area contributed by atoms with Crippen LogP contribution >= 0.6 is 0 Å². The summed E-state index contributed by atoms with van der Waals surface area (Å²) in [5.74, 6) is 0.239. The molecule has 0 aliphatic carbocycles. The van der Waals surface area contributed by atoms with Gasteiger partial charge in [-0.2, -0.15) is 0 Å². The summed E-state index contributed by atoms with van der Waals surface area (Å²) in [6.45, 7) is 0.158. The molecule has 0 bridgehead atoms. The number of halogens is 1. The van der Waals surface area contributed by atoms with E-state index in [9.17, 15) is 4.39 Å². The van der Waals surface area contributed by atoms with Gasteiger partial charge in [-0.15, -0.1) is 10.2 Å². The molecule has 0 amide bonds. The molecule has 1 heterocycles. The Kier molecular flexibility index (Phi) is 2.82. The van der Waals surface area contributed by atoms with Gasteiger partial charge in [0.2, 0.25) is 11.8 Å². The van der Waals surface area contributed by atoms with Crippen molar-refractivity contribution in [2.75, 3.05) is 7.11 Å². The summed E-state index contributed by atoms with van der Waals surface area (Å²) in [6, 6.07) is 4.40. The van der Waals surface area contributed by atoms with Gasteiger partial charge in [-0.1, -0.05) is 0 Å². The molecule has 0 saturated carbocycles. The Bertz CT molecular complexity index is 499. The van der Waals surface area contributed by atoms with Crippen LogP contribution in [0.15, 0.2) is 22.6 Å². The third-order valence-corrected chi connectivity index (χ3v) is 2.04. The molecule has 5 nitrogen and oxygen atoms in total. The van der Waals surface area contributed by atoms with Crippen LogP contribution in [0.2, 0.25) is 0 Å². The molecular formula is C10H10FN3O2. The zero-order valence-electron chi connectivity index (χ0n) is 8.61. The van der Waals surface area contributed by atoms with Crippen molar-refractivity contribution in [1.29, 1.82) is 0 Å². The van der Waals surface area contributed by atoms with Crippen molar-refractivity contribution in [3.8, 4) is 17.2 Å². The van der Waals surface area contributed by atoms with E-state index in [1.807, 2.05) is 0 Å². The first kappa shape index (κ1) is 10.6. The second-order valence-corrected chi connectivity index (χ2v) is 3.05. The first-order valence-electron chi connectivity index (χ1n) is 4.61. The van der Waals surface area contributed by atoms with Crippen LogP contribution in [0.3, 0.4) is 0 Å². The molecule has 2 aromatic rings. The van der Waals surface area contributed by atoms with E-state index in [0.717, 1.165) is 0 Å². The fourth-order valence-corrected chi connectivity index (χ4v) is 1.25. The van der Waals surface area contributed by atoms with E-state index in [4.69, 9.17) is 14.9 Å². The summed E-state index contributed by atoms with van der Waals surface area (Å²) >= 11 is 0. The highest BCUT2D eigenvalue weighted by atomic mass is 19.1. The average molecular weight is 223 g/mol. The molecule has 0 aliphatic rings. The predicted molar refractivity (Wildman–Crippen MR) is 54.1 cm³/mol. The summed E-state index contributed by atoms with van der Waals surface area (Å²) in [5.41, 5.74) is 5.82. The molecule has 16 heavy (non-hydrogen) atoms. The number of nitrogens with zero attached hydrogens (tertiary/aromatic N) is 2. The van der Waals surface area contributed by atoms with Crippen LogP contribution in [0.4, 0.5) is 4.39 Å². The Morgan fingerprint density at radius 2 is 2.25 bits per heavy atom. The van der Waals surface area contributed by atoms with E-state index >= 15 is 0 Å². The molecule has 0 radical (unpaired) electrons. The molecule has 0 fully saturated rings. The maximum absolute atomic E-state index is 13.4. The maximum Gasteiger partial charge on any atom is 0.247 e. The summed E-state index contributed by atoms with van der Waals surface area (Å²) in [4.78, 5) is 0. The van der Waals surface area contributed by atoms with Gasteiger partial charge in [-0.05, 0) is 18.2 Å². The summed E-state index contributed by atoms with van der Waals surface area (Å²) < 4.78 is 23.4. The molecule has 0 spiro atoms. The lowest BCUT2D eigenvalue weighted by atomic mass is 10.2. The van der Waals surface area contributed by atoms with Crippen molar-refractivity contribution in [2.45, 2.75) is 6.54 Å². The first-order valence-corrected chi connectivity index (χ1v) is 4.61. The maximum atomic E-state index is 13.4. The second kappa shape index (κ2) is 4.28. The molecule has 84 valence electrons. The quantitative estimate of drug-likeness (QED) is 0.849. The third kappa shape index (κ3) is 1.87. The van der Waals surface area contributed by atoms with Gasteiger partial charge in [0.1, 0.15) is 0 Å². The van der Waals surface area contributed by atoms with Crippen molar-refractivity contribution >= 4 is 0 Å². The summed E-state index contributed by atoms with van der Waals surface area (Å²) in [6.07, 6.45) is 0. The van der Waals surface area contributed by atoms with E-state index < -0.39 is 5.82 Å². The zero-order chi connectivity index (χ0) is 11.5. The number of rotatable bonds is 3. The van der Waals surface area contributed by atoms with Crippen molar-refractivity contribution in [3.05, 3.63) is 29.9 Å². The number of aromatic nitrogens is 2. The van der Waals surface area contributed by atoms with Crippen LogP contribution < -0.4 is 10.5 Å². The van der Waals surface area contributed by atoms with E-state index in [2.05, 4.69) is 10.2 Å². The van der Waals surface area contributed by atoms with Gasteiger partial charge in [0.05, 0.1) is 13.7 Å². The molecule has 1 aromatic heterocycles. The molecule has 0 aliphatic heterocycles. The molecular weight excluding hydrogens is 213 g/mol. The lowest BCUT2D eigenvalue weighted by molar-refractivity contribution is 0.386. The highest BCUT2D eigenvalue weighted by Gasteiger charge is 2.10. The summed E-state index contributed by atoms with van der Waals surface area (Å²) in [5, 5.41) is 7.44. The Balaban J connectivity index is 2.37. The minimum absolute atomic E-state index is 0.158. The van der Waals surface area contributed by atoms with Gasteiger partial charge in [0.25, 0.3) is 0 Å². The lowest BCUT2D eigenvalue weighted by Crippen LogP contribution is -1.95. The zero-order valence-corrected chi connectivity index (χ0v) is 8.61. The summed E-state index contributed by atoms with van der Waals surface area (Å²) in [7, 11) is 1.40. The highest BCUT2D eigenvalue weighted by Crippen LogP contribution is 2.24. The number of methoxy groups -OCH3 is 1. The van der Waals surface area contributed by atoms with Crippen molar-refractivity contribution < 1.29 is 13.5 Å². The Hall–Kier alpha value is -1.95. The Labute approximate surface area is 91.0 Å². The lowest BCUT2D eigenvalue weighted by Gasteiger charge is -2.01. The van der Waals surface area contributed by atoms with Gasteiger partial charge < -0.3 is 14.9 Å². The topological polar surface area (TPSA) is 74.2 Å². The fraction of sp³-hybridized carbons (Fsp3) is 0.200. The van der Waals surface area contributed by atoms with Crippen LogP contribution in [0.1, 0.15) is 5.89 Å². The van der Waals surface area contributed by atoms with Crippen molar-refractivity contribution in [1.82, 2.24) is 10.2 Å². The molecule has 2 rings (SSSR count). The minimum Gasteiger partial charge on any atom is -0.494 e. The largest absolute Gasteiger partial charge is 0.494 e. The molecule has 0 saturated heterocycles. The average Bonchev–Trinajstić information content (AvgIpc) is 2.77. The van der Waals surface area contributed by atoms with Crippen LogP contribution in [0.5, 0.6) is 5.75 Å². The normalized spacial score (nSPS) is 10.4. The van der Waals surface area contributed by atoms with Gasteiger partial charge in [-0.25, -0.2) is 4.39 Å². The molecule has 0 unspecified atom stereocenters. The van der Waals surface area contributed by atoms with Crippen LogP contribution in [0.25, 0.3) is 11.5 Å². The monoisotopic (exact) mass is 223 g/mol. The number of ether oxygens (including phenoxy) is 1. The number of hydrogen-bond acceptors (Lipinski definition) is 5. The third-order valence-electron chi connectivity index (χ3n) is 2.04. The van der Waals surface area contributed by atoms with Gasteiger partial charge >= 0.3 is 0 Å². The highest BCUT2D eigenvalue weighted by molar-refractivity contribution is 5.54. The van der Waals surface area contributed by atoms with Crippen LogP contribution in [-0.4, -0.2) is 17.3 Å². The number of nitrogens with two attached hydrogens (primary N) is 1. The van der Waals surface area contributed by atoms with Gasteiger partial charge in [0, 0.05) is 5.56 Å². The number of benzene rings is 1. The smallest absolute Gasteiger partial charge is 0.247 e. The molecule has 2 N–H and O–H groups in total.